The summed E-state index contributed by atoms with van der Waals surface area (Å²) in [7, 11) is 0. The van der Waals surface area contributed by atoms with Crippen molar-refractivity contribution in [2.75, 3.05) is 6.61 Å². The fourth-order valence-corrected chi connectivity index (χ4v) is 2.09. The number of hydrogen-bond acceptors (Lipinski definition) is 2. The van der Waals surface area contributed by atoms with Crippen molar-refractivity contribution < 1.29 is 13.5 Å². The second-order valence-electron chi connectivity index (χ2n) is 4.34. The van der Waals surface area contributed by atoms with Gasteiger partial charge in [-0.3, -0.25) is 0 Å². The number of ether oxygens (including phenoxy) is 1. The molecule has 0 aromatic heterocycles. The Morgan fingerprint density at radius 3 is 2.28 bits per heavy atom. The average molecular weight is 270 g/mol. The Bertz CT molecular complexity index is 349. The zero-order valence-corrected chi connectivity index (χ0v) is 11.7. The molecule has 1 aromatic rings. The fourth-order valence-electron chi connectivity index (χ4n) is 1.72. The van der Waals surface area contributed by atoms with Gasteiger partial charge in [0.2, 0.25) is 0 Å². The molecule has 0 heterocycles. The van der Waals surface area contributed by atoms with Crippen LogP contribution in [-0.4, -0.2) is 15.4 Å². The first-order valence-corrected chi connectivity index (χ1v) is 7.68. The summed E-state index contributed by atoms with van der Waals surface area (Å²) in [6.45, 7) is 2.93. The molecular weight excluding hydrogens is 248 g/mol. The largest absolute Gasteiger partial charge is 0.494 e. The smallest absolute Gasteiger partial charge is 0.186 e. The van der Waals surface area contributed by atoms with Crippen LogP contribution >= 0.6 is 0 Å². The van der Waals surface area contributed by atoms with Gasteiger partial charge < -0.3 is 9.29 Å². The van der Waals surface area contributed by atoms with Crippen LogP contribution in [0.15, 0.2) is 29.2 Å². The summed E-state index contributed by atoms with van der Waals surface area (Å²) in [4.78, 5) is 0.405. The van der Waals surface area contributed by atoms with E-state index in [1.54, 1.807) is 24.3 Å². The lowest BCUT2D eigenvalue weighted by atomic mass is 10.1. The van der Waals surface area contributed by atoms with E-state index in [0.29, 0.717) is 11.5 Å². The molecule has 1 N–H and O–H groups in total. The Labute approximate surface area is 112 Å². The standard InChI is InChI=1S/C14H22O3S/c1-2-3-4-5-6-7-12-17-13-8-10-14(11-9-13)18(15)16/h8-11H,2-7,12H2,1H3,(H,15,16). The molecule has 0 saturated carbocycles. The molecular formula is C14H22O3S. The maximum Gasteiger partial charge on any atom is 0.186 e. The van der Waals surface area contributed by atoms with Gasteiger partial charge in [0.25, 0.3) is 0 Å². The van der Waals surface area contributed by atoms with E-state index in [-0.39, 0.29) is 0 Å². The molecule has 0 bridgehead atoms. The van der Waals surface area contributed by atoms with Gasteiger partial charge in [-0.05, 0) is 30.7 Å². The lowest BCUT2D eigenvalue weighted by molar-refractivity contribution is 0.304. The summed E-state index contributed by atoms with van der Waals surface area (Å²) in [5, 5.41) is 0. The molecule has 0 fully saturated rings. The van der Waals surface area contributed by atoms with Crippen LogP contribution in [0.1, 0.15) is 45.4 Å². The van der Waals surface area contributed by atoms with Crippen molar-refractivity contribution in [1.82, 2.24) is 0 Å². The maximum absolute atomic E-state index is 10.8. The van der Waals surface area contributed by atoms with Gasteiger partial charge in [0.15, 0.2) is 11.1 Å². The van der Waals surface area contributed by atoms with Crippen LogP contribution in [0.25, 0.3) is 0 Å². The van der Waals surface area contributed by atoms with Crippen molar-refractivity contribution >= 4 is 11.1 Å². The number of hydrogen-bond donors (Lipinski definition) is 1. The summed E-state index contributed by atoms with van der Waals surface area (Å²) in [5.74, 6) is 0.762. The summed E-state index contributed by atoms with van der Waals surface area (Å²) < 4.78 is 25.2. The molecule has 0 saturated heterocycles. The minimum absolute atomic E-state index is 0.405. The van der Waals surface area contributed by atoms with Crippen LogP contribution in [0.4, 0.5) is 0 Å². The minimum Gasteiger partial charge on any atom is -0.494 e. The maximum atomic E-state index is 10.8. The fraction of sp³-hybridized carbons (Fsp3) is 0.571. The topological polar surface area (TPSA) is 46.5 Å². The van der Waals surface area contributed by atoms with Gasteiger partial charge in [0, 0.05) is 0 Å². The van der Waals surface area contributed by atoms with Crippen LogP contribution in [0.5, 0.6) is 5.75 Å². The predicted octanol–water partition coefficient (Wildman–Crippen LogP) is 4.01. The van der Waals surface area contributed by atoms with Gasteiger partial charge >= 0.3 is 0 Å². The molecule has 18 heavy (non-hydrogen) atoms. The second-order valence-corrected chi connectivity index (χ2v) is 5.31. The lowest BCUT2D eigenvalue weighted by Gasteiger charge is -2.06. The van der Waals surface area contributed by atoms with E-state index in [4.69, 9.17) is 9.29 Å². The van der Waals surface area contributed by atoms with Gasteiger partial charge in [0.05, 0.1) is 11.5 Å². The highest BCUT2D eigenvalue weighted by atomic mass is 32.2. The van der Waals surface area contributed by atoms with Crippen molar-refractivity contribution in [2.45, 2.75) is 50.3 Å². The quantitative estimate of drug-likeness (QED) is 0.545. The van der Waals surface area contributed by atoms with Crippen molar-refractivity contribution in [3.8, 4) is 5.75 Å². The van der Waals surface area contributed by atoms with Crippen LogP contribution in [0, 0.1) is 0 Å². The third-order valence-electron chi connectivity index (χ3n) is 2.79. The number of unbranched alkanes of at least 4 members (excludes halogenated alkanes) is 5. The molecule has 4 heteroatoms. The van der Waals surface area contributed by atoms with E-state index in [9.17, 15) is 4.21 Å². The Hall–Kier alpha value is -0.870. The van der Waals surface area contributed by atoms with Crippen LogP contribution < -0.4 is 4.74 Å². The Morgan fingerprint density at radius 2 is 1.67 bits per heavy atom. The van der Waals surface area contributed by atoms with Crippen LogP contribution in [0.3, 0.4) is 0 Å². The lowest BCUT2D eigenvalue weighted by Crippen LogP contribution is -1.97. The molecule has 1 unspecified atom stereocenters. The second kappa shape index (κ2) is 9.11. The zero-order chi connectivity index (χ0) is 13.2. The van der Waals surface area contributed by atoms with Crippen molar-refractivity contribution in [2.24, 2.45) is 0 Å². The Balaban J connectivity index is 2.14. The highest BCUT2D eigenvalue weighted by molar-refractivity contribution is 7.79. The molecule has 1 atom stereocenters. The summed E-state index contributed by atoms with van der Waals surface area (Å²) in [6, 6.07) is 6.71. The molecule has 1 aromatic carbocycles. The van der Waals surface area contributed by atoms with Gasteiger partial charge in [-0.1, -0.05) is 39.0 Å². The molecule has 0 spiro atoms. The predicted molar refractivity (Wildman–Crippen MR) is 74.4 cm³/mol. The van der Waals surface area contributed by atoms with E-state index in [2.05, 4.69) is 6.92 Å². The molecule has 0 amide bonds. The summed E-state index contributed by atoms with van der Waals surface area (Å²) in [6.07, 6.45) is 7.46. The molecule has 0 radical (unpaired) electrons. The third kappa shape index (κ3) is 6.17. The van der Waals surface area contributed by atoms with Crippen molar-refractivity contribution in [1.29, 1.82) is 0 Å². The van der Waals surface area contributed by atoms with E-state index in [0.717, 1.165) is 12.2 Å². The Kier molecular flexibility index (Phi) is 7.69. The summed E-state index contributed by atoms with van der Waals surface area (Å²) in [5.41, 5.74) is 0. The van der Waals surface area contributed by atoms with Gasteiger partial charge in [-0.25, -0.2) is 4.21 Å². The third-order valence-corrected chi connectivity index (χ3v) is 3.47. The molecule has 0 aliphatic carbocycles. The normalized spacial score (nSPS) is 12.3. The summed E-state index contributed by atoms with van der Waals surface area (Å²) >= 11 is -1.90. The van der Waals surface area contributed by atoms with E-state index in [1.807, 2.05) is 0 Å². The molecule has 1 rings (SSSR count). The van der Waals surface area contributed by atoms with E-state index < -0.39 is 11.1 Å². The van der Waals surface area contributed by atoms with Crippen molar-refractivity contribution in [3.63, 3.8) is 0 Å². The van der Waals surface area contributed by atoms with E-state index in [1.165, 1.54) is 32.1 Å². The van der Waals surface area contributed by atoms with Crippen molar-refractivity contribution in [3.05, 3.63) is 24.3 Å². The minimum atomic E-state index is -1.90. The van der Waals surface area contributed by atoms with Crippen LogP contribution in [-0.2, 0) is 11.1 Å². The van der Waals surface area contributed by atoms with Crippen LogP contribution in [0.2, 0.25) is 0 Å². The van der Waals surface area contributed by atoms with Gasteiger partial charge in [-0.2, -0.15) is 0 Å². The SMILES string of the molecule is CCCCCCCCOc1ccc(S(=O)O)cc1. The number of benzene rings is 1. The monoisotopic (exact) mass is 270 g/mol. The molecule has 0 aliphatic rings. The highest BCUT2D eigenvalue weighted by Crippen LogP contribution is 2.14. The zero-order valence-electron chi connectivity index (χ0n) is 10.9. The molecule has 3 nitrogen and oxygen atoms in total. The first-order valence-electron chi connectivity index (χ1n) is 6.57. The number of rotatable bonds is 9. The molecule has 0 aliphatic heterocycles. The average Bonchev–Trinajstić information content (AvgIpc) is 2.38. The highest BCUT2D eigenvalue weighted by Gasteiger charge is 1.99. The van der Waals surface area contributed by atoms with Gasteiger partial charge in [-0.15, -0.1) is 0 Å². The van der Waals surface area contributed by atoms with E-state index >= 15 is 0 Å². The molecule has 102 valence electrons. The first kappa shape index (κ1) is 15.2. The first-order chi connectivity index (χ1) is 8.74. The van der Waals surface area contributed by atoms with Gasteiger partial charge in [0.1, 0.15) is 5.75 Å². The Morgan fingerprint density at radius 1 is 1.06 bits per heavy atom.